The third-order valence-corrected chi connectivity index (χ3v) is 2.81. The zero-order valence-corrected chi connectivity index (χ0v) is 12.2. The SMILES string of the molecule is COc1ccccc1OCC(O)CNCc1ncn(C)n1. The van der Waals surface area contributed by atoms with Crippen LogP contribution in [0.1, 0.15) is 5.82 Å². The van der Waals surface area contributed by atoms with Gasteiger partial charge in [-0.15, -0.1) is 0 Å². The highest BCUT2D eigenvalue weighted by Crippen LogP contribution is 2.25. The number of nitrogens with zero attached hydrogens (tertiary/aromatic N) is 3. The third kappa shape index (κ3) is 4.73. The molecule has 0 aliphatic carbocycles. The maximum Gasteiger partial charge on any atom is 0.164 e. The summed E-state index contributed by atoms with van der Waals surface area (Å²) in [5.74, 6) is 1.95. The summed E-state index contributed by atoms with van der Waals surface area (Å²) in [6.07, 6.45) is 1.01. The Bertz CT molecular complexity index is 559. The Hall–Kier alpha value is -2.12. The standard InChI is InChI=1S/C14H20N4O3/c1-18-10-16-14(17-18)8-15-7-11(19)9-21-13-6-4-3-5-12(13)20-2/h3-6,10-11,15,19H,7-9H2,1-2H3. The molecule has 2 rings (SSSR count). The minimum Gasteiger partial charge on any atom is -0.493 e. The van der Waals surface area contributed by atoms with E-state index < -0.39 is 6.10 Å². The van der Waals surface area contributed by atoms with Crippen LogP contribution in [-0.2, 0) is 13.6 Å². The number of aliphatic hydroxyl groups is 1. The molecule has 0 spiro atoms. The van der Waals surface area contributed by atoms with Gasteiger partial charge < -0.3 is 19.9 Å². The number of aryl methyl sites for hydroxylation is 1. The molecular formula is C14H20N4O3. The van der Waals surface area contributed by atoms with Crippen molar-refractivity contribution >= 4 is 0 Å². The largest absolute Gasteiger partial charge is 0.493 e. The molecule has 21 heavy (non-hydrogen) atoms. The fraction of sp³-hybridized carbons (Fsp3) is 0.429. The molecule has 0 aliphatic rings. The Morgan fingerprint density at radius 3 is 2.76 bits per heavy atom. The first-order valence-electron chi connectivity index (χ1n) is 6.68. The van der Waals surface area contributed by atoms with Crippen LogP contribution in [0, 0.1) is 0 Å². The average Bonchev–Trinajstić information content (AvgIpc) is 2.91. The van der Waals surface area contributed by atoms with E-state index in [2.05, 4.69) is 15.4 Å². The van der Waals surface area contributed by atoms with Gasteiger partial charge in [-0.3, -0.25) is 4.68 Å². The van der Waals surface area contributed by atoms with Gasteiger partial charge >= 0.3 is 0 Å². The first-order valence-corrected chi connectivity index (χ1v) is 6.68. The van der Waals surface area contributed by atoms with Gasteiger partial charge in [-0.05, 0) is 12.1 Å². The van der Waals surface area contributed by atoms with E-state index in [1.165, 1.54) is 0 Å². The Morgan fingerprint density at radius 1 is 1.33 bits per heavy atom. The minimum atomic E-state index is -0.626. The van der Waals surface area contributed by atoms with E-state index in [1.54, 1.807) is 24.2 Å². The van der Waals surface area contributed by atoms with E-state index in [9.17, 15) is 5.11 Å². The number of para-hydroxylation sites is 2. The number of ether oxygens (including phenoxy) is 2. The molecule has 0 radical (unpaired) electrons. The molecule has 0 aliphatic heterocycles. The van der Waals surface area contributed by atoms with E-state index in [4.69, 9.17) is 9.47 Å². The number of aromatic nitrogens is 3. The predicted octanol–water partition coefficient (Wildman–Crippen LogP) is 0.353. The van der Waals surface area contributed by atoms with Crippen molar-refractivity contribution < 1.29 is 14.6 Å². The van der Waals surface area contributed by atoms with Crippen LogP contribution in [0.4, 0.5) is 0 Å². The lowest BCUT2D eigenvalue weighted by atomic mass is 10.3. The molecular weight excluding hydrogens is 272 g/mol. The fourth-order valence-corrected chi connectivity index (χ4v) is 1.80. The second-order valence-corrected chi connectivity index (χ2v) is 4.58. The molecule has 114 valence electrons. The van der Waals surface area contributed by atoms with Gasteiger partial charge in [0, 0.05) is 13.6 Å². The summed E-state index contributed by atoms with van der Waals surface area (Å²) in [6, 6.07) is 7.34. The number of nitrogens with one attached hydrogen (secondary N) is 1. The highest BCUT2D eigenvalue weighted by atomic mass is 16.5. The molecule has 1 heterocycles. The topological polar surface area (TPSA) is 81.4 Å². The van der Waals surface area contributed by atoms with Crippen molar-refractivity contribution in [3.05, 3.63) is 36.4 Å². The molecule has 2 aromatic rings. The van der Waals surface area contributed by atoms with Crippen LogP contribution < -0.4 is 14.8 Å². The van der Waals surface area contributed by atoms with Gasteiger partial charge in [-0.1, -0.05) is 12.1 Å². The Morgan fingerprint density at radius 2 is 2.10 bits per heavy atom. The van der Waals surface area contributed by atoms with Gasteiger partial charge in [0.1, 0.15) is 19.0 Å². The number of benzene rings is 1. The molecule has 1 atom stereocenters. The van der Waals surface area contributed by atoms with Crippen LogP contribution in [-0.4, -0.2) is 46.2 Å². The number of hydrogen-bond acceptors (Lipinski definition) is 6. The highest BCUT2D eigenvalue weighted by Gasteiger charge is 2.08. The van der Waals surface area contributed by atoms with Crippen molar-refractivity contribution in [1.29, 1.82) is 0 Å². The van der Waals surface area contributed by atoms with Crippen LogP contribution in [0.3, 0.4) is 0 Å². The predicted molar refractivity (Wildman–Crippen MR) is 77.2 cm³/mol. The van der Waals surface area contributed by atoms with Crippen molar-refractivity contribution in [3.8, 4) is 11.5 Å². The molecule has 1 aromatic heterocycles. The Balaban J connectivity index is 1.71. The van der Waals surface area contributed by atoms with Crippen LogP contribution in [0.5, 0.6) is 11.5 Å². The van der Waals surface area contributed by atoms with Gasteiger partial charge in [0.2, 0.25) is 0 Å². The molecule has 7 nitrogen and oxygen atoms in total. The maximum atomic E-state index is 9.88. The summed E-state index contributed by atoms with van der Waals surface area (Å²) in [6.45, 7) is 1.09. The first-order chi connectivity index (χ1) is 10.2. The highest BCUT2D eigenvalue weighted by molar-refractivity contribution is 5.39. The van der Waals surface area contributed by atoms with Crippen molar-refractivity contribution in [3.63, 3.8) is 0 Å². The summed E-state index contributed by atoms with van der Waals surface area (Å²) in [5.41, 5.74) is 0. The average molecular weight is 292 g/mol. The summed E-state index contributed by atoms with van der Waals surface area (Å²) in [4.78, 5) is 4.09. The zero-order valence-electron chi connectivity index (χ0n) is 12.2. The van der Waals surface area contributed by atoms with Crippen molar-refractivity contribution in [1.82, 2.24) is 20.1 Å². The second kappa shape index (κ2) is 7.61. The monoisotopic (exact) mass is 292 g/mol. The van der Waals surface area contributed by atoms with E-state index in [-0.39, 0.29) is 6.61 Å². The lowest BCUT2D eigenvalue weighted by Crippen LogP contribution is -2.31. The summed E-state index contributed by atoms with van der Waals surface area (Å²) in [7, 11) is 3.40. The van der Waals surface area contributed by atoms with E-state index in [1.807, 2.05) is 25.2 Å². The van der Waals surface area contributed by atoms with Crippen LogP contribution in [0.15, 0.2) is 30.6 Å². The number of rotatable bonds is 8. The number of aliphatic hydroxyl groups excluding tert-OH is 1. The molecule has 1 aromatic carbocycles. The molecule has 2 N–H and O–H groups in total. The molecule has 0 fully saturated rings. The number of hydrogen-bond donors (Lipinski definition) is 2. The van der Waals surface area contributed by atoms with Crippen molar-refractivity contribution in [2.24, 2.45) is 7.05 Å². The minimum absolute atomic E-state index is 0.184. The Kier molecular flexibility index (Phi) is 5.53. The maximum absolute atomic E-state index is 9.88. The normalized spacial score (nSPS) is 12.1. The molecule has 1 unspecified atom stereocenters. The lowest BCUT2D eigenvalue weighted by molar-refractivity contribution is 0.104. The lowest BCUT2D eigenvalue weighted by Gasteiger charge is -2.14. The third-order valence-electron chi connectivity index (χ3n) is 2.81. The van der Waals surface area contributed by atoms with Crippen LogP contribution in [0.2, 0.25) is 0 Å². The summed E-state index contributed by atoms with van der Waals surface area (Å²) >= 11 is 0. The van der Waals surface area contributed by atoms with Gasteiger partial charge in [0.25, 0.3) is 0 Å². The smallest absolute Gasteiger partial charge is 0.164 e. The summed E-state index contributed by atoms with van der Waals surface area (Å²) < 4.78 is 12.4. The van der Waals surface area contributed by atoms with Crippen LogP contribution >= 0.6 is 0 Å². The van der Waals surface area contributed by atoms with Gasteiger partial charge in [0.15, 0.2) is 17.3 Å². The molecule has 7 heteroatoms. The second-order valence-electron chi connectivity index (χ2n) is 4.58. The van der Waals surface area contributed by atoms with Gasteiger partial charge in [-0.2, -0.15) is 5.10 Å². The quantitative estimate of drug-likeness (QED) is 0.731. The molecule has 0 saturated carbocycles. The summed E-state index contributed by atoms with van der Waals surface area (Å²) in [5, 5.41) is 17.1. The van der Waals surface area contributed by atoms with Gasteiger partial charge in [0.05, 0.1) is 13.7 Å². The first kappa shape index (κ1) is 15.3. The molecule has 0 amide bonds. The van der Waals surface area contributed by atoms with Crippen molar-refractivity contribution in [2.45, 2.75) is 12.6 Å². The molecule has 0 saturated heterocycles. The fourth-order valence-electron chi connectivity index (χ4n) is 1.80. The molecule has 0 bridgehead atoms. The number of methoxy groups -OCH3 is 1. The zero-order chi connectivity index (χ0) is 15.1. The Labute approximate surface area is 123 Å². The van der Waals surface area contributed by atoms with Gasteiger partial charge in [-0.25, -0.2) is 4.98 Å². The van der Waals surface area contributed by atoms with E-state index in [0.29, 0.717) is 30.4 Å². The van der Waals surface area contributed by atoms with Crippen molar-refractivity contribution in [2.75, 3.05) is 20.3 Å². The van der Waals surface area contributed by atoms with E-state index in [0.717, 1.165) is 0 Å². The van der Waals surface area contributed by atoms with E-state index >= 15 is 0 Å². The van der Waals surface area contributed by atoms with Crippen LogP contribution in [0.25, 0.3) is 0 Å².